The molecule has 32 heavy (non-hydrogen) atoms. The van der Waals surface area contributed by atoms with Crippen molar-refractivity contribution >= 4 is 11.9 Å². The normalized spacial score (nSPS) is 21.6. The van der Waals surface area contributed by atoms with Gasteiger partial charge < -0.3 is 14.7 Å². The zero-order valence-electron chi connectivity index (χ0n) is 17.6. The Kier molecular flexibility index (Phi) is 5.06. The number of carbonyl (C=O) groups excluding carboxylic acids is 2. The van der Waals surface area contributed by atoms with Crippen LogP contribution in [0.1, 0.15) is 31.4 Å². The molecule has 1 fully saturated rings. The highest BCUT2D eigenvalue weighted by Gasteiger charge is 2.48. The van der Waals surface area contributed by atoms with Crippen molar-refractivity contribution in [3.63, 3.8) is 0 Å². The third-order valence-electron chi connectivity index (χ3n) is 6.32. The number of allylic oxidation sites excluding steroid dienone is 1. The summed E-state index contributed by atoms with van der Waals surface area (Å²) < 4.78 is 6.42. The third-order valence-corrected chi connectivity index (χ3v) is 6.32. The second-order valence-corrected chi connectivity index (χ2v) is 8.35. The Morgan fingerprint density at radius 1 is 1.25 bits per heavy atom. The Morgan fingerprint density at radius 3 is 2.69 bits per heavy atom. The first-order chi connectivity index (χ1) is 15.4. The van der Waals surface area contributed by atoms with Crippen LogP contribution in [0.15, 0.2) is 48.2 Å². The van der Waals surface area contributed by atoms with E-state index >= 15 is 0 Å². The van der Waals surface area contributed by atoms with Gasteiger partial charge in [-0.3, -0.25) is 9.69 Å². The average molecular weight is 437 g/mol. The summed E-state index contributed by atoms with van der Waals surface area (Å²) in [5.74, 6) is 0.162. The van der Waals surface area contributed by atoms with Crippen molar-refractivity contribution in [2.75, 3.05) is 26.2 Å². The van der Waals surface area contributed by atoms with E-state index in [0.29, 0.717) is 49.6 Å². The molecule has 166 valence electrons. The molecule has 2 aromatic heterocycles. The number of cyclic esters (lactones) is 1. The minimum atomic E-state index is -0.695. The molecule has 1 saturated heterocycles. The van der Waals surface area contributed by atoms with Gasteiger partial charge in [0.05, 0.1) is 17.2 Å². The second kappa shape index (κ2) is 7.92. The van der Waals surface area contributed by atoms with E-state index in [4.69, 9.17) is 4.74 Å². The van der Waals surface area contributed by atoms with Gasteiger partial charge >= 0.3 is 5.97 Å². The number of rotatable bonds is 5. The van der Waals surface area contributed by atoms with Crippen molar-refractivity contribution in [1.82, 2.24) is 35.0 Å². The van der Waals surface area contributed by atoms with Crippen LogP contribution in [0.4, 0.5) is 0 Å². The first kappa shape index (κ1) is 20.5. The van der Waals surface area contributed by atoms with E-state index in [1.807, 2.05) is 19.1 Å². The summed E-state index contributed by atoms with van der Waals surface area (Å²) in [5.41, 5.74) is 1.58. The first-order valence-electron chi connectivity index (χ1n) is 10.5. The van der Waals surface area contributed by atoms with E-state index in [1.54, 1.807) is 17.2 Å². The van der Waals surface area contributed by atoms with Crippen molar-refractivity contribution in [2.45, 2.75) is 25.9 Å². The van der Waals surface area contributed by atoms with E-state index in [0.717, 1.165) is 5.70 Å². The van der Waals surface area contributed by atoms with Gasteiger partial charge in [0.2, 0.25) is 5.91 Å². The molecule has 5 rings (SSSR count). The fourth-order valence-corrected chi connectivity index (χ4v) is 4.60. The van der Waals surface area contributed by atoms with Crippen LogP contribution < -0.4 is 0 Å². The Balaban J connectivity index is 1.20. The molecule has 0 saturated carbocycles. The number of hydrogen-bond donors (Lipinski definition) is 1. The first-order valence-corrected chi connectivity index (χ1v) is 10.5. The topological polar surface area (TPSA) is 127 Å². The van der Waals surface area contributed by atoms with Crippen LogP contribution in [-0.4, -0.2) is 78.2 Å². The Morgan fingerprint density at radius 2 is 2.06 bits per heavy atom. The monoisotopic (exact) mass is 437 g/mol. The number of aromatic nitrogens is 5. The summed E-state index contributed by atoms with van der Waals surface area (Å²) >= 11 is 0. The molecule has 5 heterocycles. The van der Waals surface area contributed by atoms with Gasteiger partial charge in [0.25, 0.3) is 0 Å². The Hall–Kier alpha value is -3.44. The van der Waals surface area contributed by atoms with Gasteiger partial charge in [-0.2, -0.15) is 4.68 Å². The lowest BCUT2D eigenvalue weighted by Crippen LogP contribution is -2.46. The summed E-state index contributed by atoms with van der Waals surface area (Å²) in [5, 5.41) is 21.7. The maximum Gasteiger partial charge on any atom is 0.333 e. The predicted molar refractivity (Wildman–Crippen MR) is 110 cm³/mol. The van der Waals surface area contributed by atoms with Crippen LogP contribution in [0.5, 0.6) is 0 Å². The molecule has 11 heteroatoms. The smallest absolute Gasteiger partial charge is 0.333 e. The summed E-state index contributed by atoms with van der Waals surface area (Å²) in [6.07, 6.45) is 7.11. The number of carbonyl (C=O) groups is 2. The standard InChI is InChI=1S/C21H23N7O4/c1-14-9-21(20(31)28(14)16-8-19(30)32-12-16)4-6-26(7-5-21)11-17(29)15-2-3-18(22-10-15)27-13-23-24-25-27/h2-3,8-10,13,17,29H,4-7,11-12H2,1H3. The van der Waals surface area contributed by atoms with Crippen LogP contribution in [0, 0.1) is 5.41 Å². The molecule has 3 aliphatic rings. The number of β-amino-alcohol motifs (C(OH)–C–C–N with tert-alkyl or cyclic N) is 1. The van der Waals surface area contributed by atoms with Crippen molar-refractivity contribution in [2.24, 2.45) is 5.41 Å². The van der Waals surface area contributed by atoms with Crippen molar-refractivity contribution in [3.8, 4) is 5.82 Å². The molecule has 3 aliphatic heterocycles. The van der Waals surface area contributed by atoms with Gasteiger partial charge in [0.15, 0.2) is 5.82 Å². The summed E-state index contributed by atoms with van der Waals surface area (Å²) in [4.78, 5) is 32.8. The summed E-state index contributed by atoms with van der Waals surface area (Å²) in [7, 11) is 0. The Bertz CT molecular complexity index is 1090. The number of nitrogens with zero attached hydrogens (tertiary/aromatic N) is 7. The van der Waals surface area contributed by atoms with E-state index in [-0.39, 0.29) is 12.5 Å². The highest BCUT2D eigenvalue weighted by Crippen LogP contribution is 2.43. The lowest BCUT2D eigenvalue weighted by atomic mass is 9.78. The largest absolute Gasteiger partial charge is 0.456 e. The number of pyridine rings is 1. The minimum absolute atomic E-state index is 0.00198. The molecule has 1 unspecified atom stereocenters. The fraction of sp³-hybridized carbons (Fsp3) is 0.429. The summed E-state index contributed by atoms with van der Waals surface area (Å²) in [6.45, 7) is 3.84. The molecule has 2 aromatic rings. The second-order valence-electron chi connectivity index (χ2n) is 8.35. The van der Waals surface area contributed by atoms with E-state index in [1.165, 1.54) is 17.1 Å². The molecule has 1 N–H and O–H groups in total. The Labute approximate surface area is 184 Å². The van der Waals surface area contributed by atoms with E-state index in [9.17, 15) is 14.7 Å². The lowest BCUT2D eigenvalue weighted by Gasteiger charge is -2.38. The molecule has 1 atom stereocenters. The van der Waals surface area contributed by atoms with E-state index in [2.05, 4.69) is 25.4 Å². The van der Waals surface area contributed by atoms with Crippen molar-refractivity contribution in [3.05, 3.63) is 53.8 Å². The zero-order chi connectivity index (χ0) is 22.3. The molecule has 1 spiro atoms. The molecule has 0 aromatic carbocycles. The average Bonchev–Trinajstić information content (AvgIpc) is 3.52. The van der Waals surface area contributed by atoms with Gasteiger partial charge in [-0.15, -0.1) is 5.10 Å². The molecular formula is C21H23N7O4. The molecular weight excluding hydrogens is 414 g/mol. The number of hydrogen-bond acceptors (Lipinski definition) is 9. The number of esters is 1. The van der Waals surface area contributed by atoms with Crippen LogP contribution in [0.2, 0.25) is 0 Å². The predicted octanol–water partition coefficient (Wildman–Crippen LogP) is 0.360. The molecule has 0 bridgehead atoms. The van der Waals surface area contributed by atoms with Crippen molar-refractivity contribution in [1.29, 1.82) is 0 Å². The third kappa shape index (κ3) is 3.59. The number of amides is 1. The SMILES string of the molecule is CC1=CC2(CCN(CC(O)c3ccc(-n4cnnn4)nc3)CC2)C(=O)N1C1=CC(=O)OC1. The van der Waals surface area contributed by atoms with Crippen molar-refractivity contribution < 1.29 is 19.4 Å². The number of tetrazole rings is 1. The molecule has 11 nitrogen and oxygen atoms in total. The van der Waals surface area contributed by atoms with Crippen LogP contribution >= 0.6 is 0 Å². The summed E-state index contributed by atoms with van der Waals surface area (Å²) in [6, 6.07) is 3.56. The number of aliphatic hydroxyl groups is 1. The number of aliphatic hydroxyl groups excluding tert-OH is 1. The number of likely N-dealkylation sites (tertiary alicyclic amines) is 1. The van der Waals surface area contributed by atoms with E-state index < -0.39 is 17.5 Å². The van der Waals surface area contributed by atoms with Crippen LogP contribution in [0.3, 0.4) is 0 Å². The van der Waals surface area contributed by atoms with Gasteiger partial charge in [0.1, 0.15) is 12.9 Å². The fourth-order valence-electron chi connectivity index (χ4n) is 4.60. The quantitative estimate of drug-likeness (QED) is 0.660. The minimum Gasteiger partial charge on any atom is -0.456 e. The van der Waals surface area contributed by atoms with Gasteiger partial charge in [-0.25, -0.2) is 9.78 Å². The molecule has 0 radical (unpaired) electrons. The van der Waals surface area contributed by atoms with Gasteiger partial charge in [-0.1, -0.05) is 6.07 Å². The van der Waals surface area contributed by atoms with Gasteiger partial charge in [-0.05, 0) is 55.4 Å². The number of ether oxygens (including phenoxy) is 1. The van der Waals surface area contributed by atoms with Crippen LogP contribution in [-0.2, 0) is 14.3 Å². The maximum absolute atomic E-state index is 13.2. The lowest BCUT2D eigenvalue weighted by molar-refractivity contribution is -0.138. The van der Waals surface area contributed by atoms with Crippen LogP contribution in [0.25, 0.3) is 5.82 Å². The highest BCUT2D eigenvalue weighted by atomic mass is 16.5. The zero-order valence-corrected chi connectivity index (χ0v) is 17.6. The van der Waals surface area contributed by atoms with Gasteiger partial charge in [0, 0.05) is 30.1 Å². The molecule has 1 amide bonds. The maximum atomic E-state index is 13.2. The molecule has 0 aliphatic carbocycles. The number of piperidine rings is 1. The highest BCUT2D eigenvalue weighted by molar-refractivity contribution is 5.93.